The molecule has 1 fully saturated rings. The van der Waals surface area contributed by atoms with Gasteiger partial charge in [0.05, 0.1) is 6.42 Å². The smallest absolute Gasteiger partial charge is 0.407 e. The van der Waals surface area contributed by atoms with E-state index in [1.165, 1.54) is 11.1 Å². The number of nitrogens with zero attached hydrogens (tertiary/aromatic N) is 1. The number of carbonyl (C=O) groups excluding carboxylic acids is 2. The Morgan fingerprint density at radius 1 is 1.09 bits per heavy atom. The van der Waals surface area contributed by atoms with Crippen molar-refractivity contribution in [3.63, 3.8) is 0 Å². The number of aliphatic carboxylic acids is 1. The third kappa shape index (κ3) is 5.24. The van der Waals surface area contributed by atoms with Gasteiger partial charge in [0.25, 0.3) is 0 Å². The van der Waals surface area contributed by atoms with Gasteiger partial charge < -0.3 is 20.1 Å². The highest BCUT2D eigenvalue weighted by Gasteiger charge is 2.32. The van der Waals surface area contributed by atoms with E-state index >= 15 is 0 Å². The molecule has 2 amide bonds. The molecular formula is C27H32N2O5. The van der Waals surface area contributed by atoms with Gasteiger partial charge in [0.15, 0.2) is 0 Å². The molecule has 34 heavy (non-hydrogen) atoms. The quantitative estimate of drug-likeness (QED) is 0.573. The van der Waals surface area contributed by atoms with Crippen LogP contribution in [0.15, 0.2) is 48.5 Å². The van der Waals surface area contributed by atoms with Crippen LogP contribution in [0.5, 0.6) is 0 Å². The molecule has 7 heteroatoms. The van der Waals surface area contributed by atoms with E-state index in [1.54, 1.807) is 4.90 Å². The third-order valence-corrected chi connectivity index (χ3v) is 7.03. The first kappa shape index (κ1) is 23.8. The third-order valence-electron chi connectivity index (χ3n) is 7.03. The van der Waals surface area contributed by atoms with Crippen molar-refractivity contribution in [2.24, 2.45) is 5.92 Å². The molecule has 7 nitrogen and oxygen atoms in total. The lowest BCUT2D eigenvalue weighted by molar-refractivity contribution is -0.140. The normalized spacial score (nSPS) is 17.7. The van der Waals surface area contributed by atoms with Crippen molar-refractivity contribution in [1.29, 1.82) is 0 Å². The minimum atomic E-state index is -0.881. The molecule has 0 saturated carbocycles. The number of ether oxygens (including phenoxy) is 1. The monoisotopic (exact) mass is 464 g/mol. The highest BCUT2D eigenvalue weighted by Crippen LogP contribution is 2.44. The number of carboxylic acid groups (broad SMARTS) is 1. The zero-order valence-electron chi connectivity index (χ0n) is 19.5. The van der Waals surface area contributed by atoms with Gasteiger partial charge in [-0.15, -0.1) is 0 Å². The molecule has 1 aliphatic carbocycles. The highest BCUT2D eigenvalue weighted by atomic mass is 16.5. The molecule has 0 spiro atoms. The number of benzene rings is 2. The molecule has 0 bridgehead atoms. The Morgan fingerprint density at radius 2 is 1.74 bits per heavy atom. The molecule has 2 atom stereocenters. The maximum absolute atomic E-state index is 12.8. The highest BCUT2D eigenvalue weighted by molar-refractivity contribution is 5.79. The van der Waals surface area contributed by atoms with Crippen molar-refractivity contribution in [2.45, 2.75) is 51.0 Å². The predicted octanol–water partition coefficient (Wildman–Crippen LogP) is 4.41. The average molecular weight is 465 g/mol. The Morgan fingerprint density at radius 3 is 2.35 bits per heavy atom. The van der Waals surface area contributed by atoms with Crippen LogP contribution in [0.25, 0.3) is 11.1 Å². The SMILES string of the molecule is CCC(CNC(=O)OCC1c2ccccc2-c2ccccc21)CC(=O)N1CCC[C@@H]1CC(=O)O. The Kier molecular flexibility index (Phi) is 7.50. The van der Waals surface area contributed by atoms with E-state index in [4.69, 9.17) is 9.84 Å². The van der Waals surface area contributed by atoms with Crippen LogP contribution in [-0.4, -0.2) is 53.7 Å². The molecule has 1 aliphatic heterocycles. The fourth-order valence-corrected chi connectivity index (χ4v) is 5.18. The van der Waals surface area contributed by atoms with Crippen molar-refractivity contribution in [1.82, 2.24) is 10.2 Å². The van der Waals surface area contributed by atoms with Crippen LogP contribution >= 0.6 is 0 Å². The number of alkyl carbamates (subject to hydrolysis) is 1. The molecule has 1 unspecified atom stereocenters. The second kappa shape index (κ2) is 10.7. The van der Waals surface area contributed by atoms with Gasteiger partial charge in [0.2, 0.25) is 5.91 Å². The lowest BCUT2D eigenvalue weighted by Crippen LogP contribution is -2.39. The molecule has 1 saturated heterocycles. The van der Waals surface area contributed by atoms with Gasteiger partial charge in [0.1, 0.15) is 6.61 Å². The van der Waals surface area contributed by atoms with Gasteiger partial charge >= 0.3 is 12.1 Å². The Bertz CT molecular complexity index is 1010. The molecule has 2 aliphatic rings. The summed E-state index contributed by atoms with van der Waals surface area (Å²) in [7, 11) is 0. The van der Waals surface area contributed by atoms with Crippen molar-refractivity contribution in [3.8, 4) is 11.1 Å². The first-order chi connectivity index (χ1) is 16.5. The number of hydrogen-bond donors (Lipinski definition) is 2. The van der Waals surface area contributed by atoms with Crippen molar-refractivity contribution >= 4 is 18.0 Å². The Labute approximate surface area is 200 Å². The number of nitrogens with one attached hydrogen (secondary N) is 1. The fraction of sp³-hybridized carbons (Fsp3) is 0.444. The minimum absolute atomic E-state index is 0.00281. The van der Waals surface area contributed by atoms with Crippen LogP contribution in [0, 0.1) is 5.92 Å². The first-order valence-corrected chi connectivity index (χ1v) is 12.1. The largest absolute Gasteiger partial charge is 0.481 e. The van der Waals surface area contributed by atoms with E-state index in [9.17, 15) is 14.4 Å². The number of fused-ring (bicyclic) bond motifs is 3. The summed E-state index contributed by atoms with van der Waals surface area (Å²) in [6.07, 6.45) is 2.08. The molecule has 0 aromatic heterocycles. The van der Waals surface area contributed by atoms with Gasteiger partial charge in [-0.1, -0.05) is 61.9 Å². The molecule has 1 heterocycles. The van der Waals surface area contributed by atoms with Gasteiger partial charge in [0, 0.05) is 31.5 Å². The summed E-state index contributed by atoms with van der Waals surface area (Å²) < 4.78 is 5.59. The summed E-state index contributed by atoms with van der Waals surface area (Å²) in [6, 6.07) is 16.2. The molecule has 4 rings (SSSR count). The summed E-state index contributed by atoms with van der Waals surface area (Å²) in [5.41, 5.74) is 4.68. The van der Waals surface area contributed by atoms with E-state index in [0.29, 0.717) is 13.1 Å². The van der Waals surface area contributed by atoms with E-state index in [-0.39, 0.29) is 43.2 Å². The number of carbonyl (C=O) groups is 3. The zero-order chi connectivity index (χ0) is 24.1. The van der Waals surface area contributed by atoms with Gasteiger partial charge in [-0.3, -0.25) is 9.59 Å². The van der Waals surface area contributed by atoms with E-state index in [0.717, 1.165) is 30.4 Å². The molecule has 2 N–H and O–H groups in total. The second-order valence-electron chi connectivity index (χ2n) is 9.17. The molecular weight excluding hydrogens is 432 g/mol. The van der Waals surface area contributed by atoms with Crippen molar-refractivity contribution in [3.05, 3.63) is 59.7 Å². The Balaban J connectivity index is 1.28. The molecule has 180 valence electrons. The molecule has 0 radical (unpaired) electrons. The standard InChI is InChI=1S/C27H32N2O5/c1-2-18(14-25(30)29-13-7-8-19(29)15-26(31)32)16-28-27(33)34-17-24-22-11-5-3-9-20(22)21-10-4-6-12-23(21)24/h3-6,9-12,18-19,24H,2,7-8,13-17H2,1H3,(H,28,33)(H,31,32)/t18?,19-/m1/s1. The van der Waals surface area contributed by atoms with E-state index in [1.807, 2.05) is 31.2 Å². The summed E-state index contributed by atoms with van der Waals surface area (Å²) in [6.45, 7) is 3.18. The number of carboxylic acids is 1. The van der Waals surface area contributed by atoms with Gasteiger partial charge in [-0.05, 0) is 41.0 Å². The van der Waals surface area contributed by atoms with Crippen LogP contribution in [0.4, 0.5) is 4.79 Å². The predicted molar refractivity (Wildman–Crippen MR) is 128 cm³/mol. The van der Waals surface area contributed by atoms with Crippen LogP contribution < -0.4 is 5.32 Å². The lowest BCUT2D eigenvalue weighted by atomic mass is 9.98. The van der Waals surface area contributed by atoms with E-state index < -0.39 is 12.1 Å². The van der Waals surface area contributed by atoms with Crippen molar-refractivity contribution in [2.75, 3.05) is 19.7 Å². The first-order valence-electron chi connectivity index (χ1n) is 12.1. The van der Waals surface area contributed by atoms with Crippen molar-refractivity contribution < 1.29 is 24.2 Å². The van der Waals surface area contributed by atoms with Crippen LogP contribution in [0.1, 0.15) is 56.1 Å². The van der Waals surface area contributed by atoms with Crippen LogP contribution in [0.3, 0.4) is 0 Å². The summed E-state index contributed by atoms with van der Waals surface area (Å²) >= 11 is 0. The summed E-state index contributed by atoms with van der Waals surface area (Å²) in [5, 5.41) is 11.9. The molecule has 2 aromatic rings. The number of rotatable bonds is 9. The number of hydrogen-bond acceptors (Lipinski definition) is 4. The minimum Gasteiger partial charge on any atom is -0.481 e. The zero-order valence-corrected chi connectivity index (χ0v) is 19.5. The molecule has 2 aromatic carbocycles. The number of likely N-dealkylation sites (tertiary alicyclic amines) is 1. The number of amides is 2. The summed E-state index contributed by atoms with van der Waals surface area (Å²) in [4.78, 5) is 38.0. The maximum Gasteiger partial charge on any atom is 0.407 e. The fourth-order valence-electron chi connectivity index (χ4n) is 5.18. The summed E-state index contributed by atoms with van der Waals surface area (Å²) in [5.74, 6) is -0.944. The maximum atomic E-state index is 12.8. The van der Waals surface area contributed by atoms with Crippen LogP contribution in [-0.2, 0) is 14.3 Å². The van der Waals surface area contributed by atoms with Gasteiger partial charge in [-0.25, -0.2) is 4.79 Å². The van der Waals surface area contributed by atoms with Crippen LogP contribution in [0.2, 0.25) is 0 Å². The average Bonchev–Trinajstić information content (AvgIpc) is 3.42. The topological polar surface area (TPSA) is 95.9 Å². The lowest BCUT2D eigenvalue weighted by Gasteiger charge is -2.26. The Hall–Kier alpha value is -3.35. The second-order valence-corrected chi connectivity index (χ2v) is 9.17. The van der Waals surface area contributed by atoms with E-state index in [2.05, 4.69) is 29.6 Å². The van der Waals surface area contributed by atoms with Gasteiger partial charge in [-0.2, -0.15) is 0 Å².